The van der Waals surface area contributed by atoms with E-state index in [1.165, 1.54) is 23.5 Å². The van der Waals surface area contributed by atoms with Gasteiger partial charge in [-0.2, -0.15) is 0 Å². The minimum absolute atomic E-state index is 0.246. The summed E-state index contributed by atoms with van der Waals surface area (Å²) in [6.45, 7) is 0. The zero-order chi connectivity index (χ0) is 14.8. The molecule has 3 aromatic rings. The number of nitrogens with zero attached hydrogens (tertiary/aromatic N) is 1. The van der Waals surface area contributed by atoms with E-state index < -0.39 is 0 Å². The molecule has 2 nitrogen and oxygen atoms in total. The third-order valence-corrected chi connectivity index (χ3v) is 4.74. The number of halogens is 2. The Labute approximate surface area is 134 Å². The molecule has 21 heavy (non-hydrogen) atoms. The summed E-state index contributed by atoms with van der Waals surface area (Å²) < 4.78 is 13.8. The van der Waals surface area contributed by atoms with Crippen molar-refractivity contribution in [3.05, 3.63) is 74.8 Å². The van der Waals surface area contributed by atoms with Crippen LogP contribution in [-0.2, 0) is 0 Å². The van der Waals surface area contributed by atoms with E-state index in [1.807, 2.05) is 35.7 Å². The van der Waals surface area contributed by atoms with Gasteiger partial charge < -0.3 is 5.73 Å². The van der Waals surface area contributed by atoms with Gasteiger partial charge in [-0.25, -0.2) is 9.37 Å². The van der Waals surface area contributed by atoms with Crippen molar-refractivity contribution in [1.82, 2.24) is 4.98 Å². The second-order valence-corrected chi connectivity index (χ2v) is 6.33. The maximum absolute atomic E-state index is 13.2. The van der Waals surface area contributed by atoms with Crippen molar-refractivity contribution in [2.45, 2.75) is 6.04 Å². The fourth-order valence-corrected chi connectivity index (χ4v) is 3.45. The highest BCUT2D eigenvalue weighted by Crippen LogP contribution is 2.32. The van der Waals surface area contributed by atoms with Gasteiger partial charge in [-0.3, -0.25) is 0 Å². The molecule has 0 radical (unpaired) electrons. The van der Waals surface area contributed by atoms with Crippen molar-refractivity contribution in [2.75, 3.05) is 0 Å². The van der Waals surface area contributed by atoms with Crippen LogP contribution in [0.3, 0.4) is 0 Å². The lowest BCUT2D eigenvalue weighted by atomic mass is 10.1. The van der Waals surface area contributed by atoms with Crippen molar-refractivity contribution in [2.24, 2.45) is 5.73 Å². The molecule has 1 atom stereocenters. The molecule has 2 N–H and O–H groups in total. The number of aromatic nitrogens is 1. The van der Waals surface area contributed by atoms with Crippen LogP contribution in [0, 0.1) is 5.82 Å². The molecule has 106 valence electrons. The summed E-state index contributed by atoms with van der Waals surface area (Å²) in [6.07, 6.45) is 0. The van der Waals surface area contributed by atoms with Crippen LogP contribution in [0.15, 0.2) is 58.4 Å². The Morgan fingerprint density at radius 3 is 2.62 bits per heavy atom. The molecule has 1 unspecified atom stereocenters. The van der Waals surface area contributed by atoms with Gasteiger partial charge in [-0.1, -0.05) is 30.3 Å². The number of hydrogen-bond acceptors (Lipinski definition) is 3. The second-order valence-electron chi connectivity index (χ2n) is 4.58. The van der Waals surface area contributed by atoms with E-state index in [4.69, 9.17) is 5.73 Å². The van der Waals surface area contributed by atoms with Crippen molar-refractivity contribution in [3.8, 4) is 11.3 Å². The Morgan fingerprint density at radius 1 is 1.14 bits per heavy atom. The van der Waals surface area contributed by atoms with Crippen molar-refractivity contribution >= 4 is 27.3 Å². The average molecular weight is 363 g/mol. The Bertz CT molecular complexity index is 758. The lowest BCUT2D eigenvalue weighted by Gasteiger charge is -2.08. The number of benzene rings is 2. The van der Waals surface area contributed by atoms with Crippen LogP contribution in [0.5, 0.6) is 0 Å². The van der Waals surface area contributed by atoms with Crippen LogP contribution in [0.25, 0.3) is 11.3 Å². The maximum atomic E-state index is 13.2. The Hall–Kier alpha value is -1.56. The van der Waals surface area contributed by atoms with Gasteiger partial charge in [0.1, 0.15) is 10.8 Å². The van der Waals surface area contributed by atoms with Gasteiger partial charge in [0.05, 0.1) is 11.7 Å². The van der Waals surface area contributed by atoms with E-state index in [2.05, 4.69) is 20.9 Å². The lowest BCUT2D eigenvalue weighted by Crippen LogP contribution is -2.11. The van der Waals surface area contributed by atoms with Crippen LogP contribution in [-0.4, -0.2) is 4.98 Å². The van der Waals surface area contributed by atoms with Gasteiger partial charge in [0, 0.05) is 15.4 Å². The maximum Gasteiger partial charge on any atom is 0.124 e. The molecule has 1 aromatic heterocycles. The fourth-order valence-electron chi connectivity index (χ4n) is 2.05. The quantitative estimate of drug-likeness (QED) is 0.729. The molecule has 0 bridgehead atoms. The van der Waals surface area contributed by atoms with Crippen LogP contribution < -0.4 is 5.73 Å². The molecule has 3 rings (SSSR count). The molecular weight excluding hydrogens is 351 g/mol. The first-order valence-corrected chi connectivity index (χ1v) is 8.04. The summed E-state index contributed by atoms with van der Waals surface area (Å²) >= 11 is 4.88. The molecule has 2 aromatic carbocycles. The first kappa shape index (κ1) is 14.4. The first-order chi connectivity index (χ1) is 10.1. The van der Waals surface area contributed by atoms with Gasteiger partial charge in [0.25, 0.3) is 0 Å². The average Bonchev–Trinajstić information content (AvgIpc) is 2.97. The summed E-state index contributed by atoms with van der Waals surface area (Å²) in [5.74, 6) is -0.276. The van der Waals surface area contributed by atoms with E-state index in [0.29, 0.717) is 4.47 Å². The predicted molar refractivity (Wildman–Crippen MR) is 87.7 cm³/mol. The minimum Gasteiger partial charge on any atom is -0.318 e. The van der Waals surface area contributed by atoms with Gasteiger partial charge in [0.2, 0.25) is 0 Å². The summed E-state index contributed by atoms with van der Waals surface area (Å²) in [6, 6.07) is 14.2. The van der Waals surface area contributed by atoms with Gasteiger partial charge in [0.15, 0.2) is 0 Å². The molecule has 0 saturated carbocycles. The fraction of sp³-hybridized carbons (Fsp3) is 0.0625. The SMILES string of the molecule is NC(c1ccccc1)c1nc(-c2ccc(F)cc2Br)cs1. The monoisotopic (exact) mass is 362 g/mol. The van der Waals surface area contributed by atoms with E-state index in [9.17, 15) is 4.39 Å². The van der Waals surface area contributed by atoms with Gasteiger partial charge >= 0.3 is 0 Å². The minimum atomic E-state index is -0.276. The topological polar surface area (TPSA) is 38.9 Å². The zero-order valence-corrected chi connectivity index (χ0v) is 13.4. The Morgan fingerprint density at radius 2 is 1.90 bits per heavy atom. The Balaban J connectivity index is 1.93. The number of rotatable bonds is 3. The zero-order valence-electron chi connectivity index (χ0n) is 11.0. The molecule has 0 amide bonds. The van der Waals surface area contributed by atoms with Crippen molar-refractivity contribution < 1.29 is 4.39 Å². The van der Waals surface area contributed by atoms with E-state index in [1.54, 1.807) is 6.07 Å². The smallest absolute Gasteiger partial charge is 0.124 e. The molecule has 0 saturated heterocycles. The van der Waals surface area contributed by atoms with E-state index in [-0.39, 0.29) is 11.9 Å². The third-order valence-electron chi connectivity index (χ3n) is 3.15. The highest BCUT2D eigenvalue weighted by Gasteiger charge is 2.15. The summed E-state index contributed by atoms with van der Waals surface area (Å²) in [5, 5.41) is 2.78. The molecule has 0 spiro atoms. The largest absolute Gasteiger partial charge is 0.318 e. The number of hydrogen-bond donors (Lipinski definition) is 1. The van der Waals surface area contributed by atoms with Crippen molar-refractivity contribution in [1.29, 1.82) is 0 Å². The Kier molecular flexibility index (Phi) is 4.14. The van der Waals surface area contributed by atoms with Crippen LogP contribution in [0.1, 0.15) is 16.6 Å². The second kappa shape index (κ2) is 6.05. The molecule has 0 aliphatic rings. The summed E-state index contributed by atoms with van der Waals surface area (Å²) in [7, 11) is 0. The third kappa shape index (κ3) is 3.05. The predicted octanol–water partition coefficient (Wildman–Crippen LogP) is 4.76. The standard InChI is InChI=1S/C16H12BrFN2S/c17-13-8-11(18)6-7-12(13)14-9-21-16(20-14)15(19)10-4-2-1-3-5-10/h1-9,15H,19H2. The number of nitrogens with two attached hydrogens (primary N) is 1. The van der Waals surface area contributed by atoms with E-state index in [0.717, 1.165) is 21.8 Å². The molecule has 0 aliphatic carbocycles. The van der Waals surface area contributed by atoms with Crippen LogP contribution in [0.4, 0.5) is 4.39 Å². The van der Waals surface area contributed by atoms with Crippen LogP contribution in [0.2, 0.25) is 0 Å². The molecule has 1 heterocycles. The summed E-state index contributed by atoms with van der Waals surface area (Å²) in [4.78, 5) is 4.59. The van der Waals surface area contributed by atoms with E-state index >= 15 is 0 Å². The molecule has 5 heteroatoms. The first-order valence-electron chi connectivity index (χ1n) is 6.36. The van der Waals surface area contributed by atoms with Gasteiger partial charge in [-0.05, 0) is 39.7 Å². The molecular formula is C16H12BrFN2S. The van der Waals surface area contributed by atoms with Gasteiger partial charge in [-0.15, -0.1) is 11.3 Å². The number of thiazole rings is 1. The highest BCUT2D eigenvalue weighted by molar-refractivity contribution is 9.10. The highest BCUT2D eigenvalue weighted by atomic mass is 79.9. The molecule has 0 fully saturated rings. The van der Waals surface area contributed by atoms with Crippen LogP contribution >= 0.6 is 27.3 Å². The lowest BCUT2D eigenvalue weighted by molar-refractivity contribution is 0.627. The van der Waals surface area contributed by atoms with Crippen molar-refractivity contribution in [3.63, 3.8) is 0 Å². The molecule has 0 aliphatic heterocycles. The summed E-state index contributed by atoms with van der Waals surface area (Å²) in [5.41, 5.74) is 8.93. The normalized spacial score (nSPS) is 12.3.